The Bertz CT molecular complexity index is 597. The molecule has 1 N–H and O–H groups in total. The van der Waals surface area contributed by atoms with Crippen LogP contribution >= 0.6 is 11.8 Å². The maximum atomic E-state index is 12.1. The van der Waals surface area contributed by atoms with Crippen molar-refractivity contribution < 1.29 is 0 Å². The molecule has 0 bridgehead atoms. The summed E-state index contributed by atoms with van der Waals surface area (Å²) in [4.78, 5) is 12.1. The smallest absolute Gasteiger partial charge is 0.275 e. The summed E-state index contributed by atoms with van der Waals surface area (Å²) in [6.07, 6.45) is 0. The number of hydrogen-bond acceptors (Lipinski definition) is 2. The van der Waals surface area contributed by atoms with Crippen molar-refractivity contribution in [2.45, 2.75) is 18.4 Å². The molecule has 0 saturated heterocycles. The molecule has 0 saturated carbocycles. The average Bonchev–Trinajstić information content (AvgIpc) is 2.82. The van der Waals surface area contributed by atoms with Crippen molar-refractivity contribution in [1.82, 2.24) is 9.78 Å². The van der Waals surface area contributed by atoms with Gasteiger partial charge in [0.05, 0.1) is 16.9 Å². The van der Waals surface area contributed by atoms with Gasteiger partial charge in [0.25, 0.3) is 5.56 Å². The Morgan fingerprint density at radius 3 is 3.00 bits per heavy atom. The lowest BCUT2D eigenvalue weighted by atomic mass is 10.2. The Kier molecular flexibility index (Phi) is 2.17. The van der Waals surface area contributed by atoms with E-state index in [-0.39, 0.29) is 5.56 Å². The minimum absolute atomic E-state index is 0.102. The van der Waals surface area contributed by atoms with E-state index >= 15 is 0 Å². The normalized spacial score (nSPS) is 14.1. The number of hydrogen-bond donors (Lipinski definition) is 1. The zero-order valence-corrected chi connectivity index (χ0v) is 9.80. The van der Waals surface area contributed by atoms with E-state index in [0.29, 0.717) is 0 Å². The Balaban J connectivity index is 2.18. The van der Waals surface area contributed by atoms with E-state index in [2.05, 4.69) is 5.10 Å². The average molecular weight is 232 g/mol. The fourth-order valence-electron chi connectivity index (χ4n) is 1.99. The largest absolute Gasteiger partial charge is 0.294 e. The molecule has 1 aliphatic rings. The second kappa shape index (κ2) is 3.56. The molecule has 0 aliphatic carbocycles. The van der Waals surface area contributed by atoms with Crippen LogP contribution in [0, 0.1) is 6.92 Å². The van der Waals surface area contributed by atoms with Gasteiger partial charge in [-0.25, -0.2) is 4.68 Å². The number of aromatic amines is 1. The highest BCUT2D eigenvalue weighted by Crippen LogP contribution is 2.26. The van der Waals surface area contributed by atoms with Gasteiger partial charge >= 0.3 is 0 Å². The summed E-state index contributed by atoms with van der Waals surface area (Å²) in [5, 5.41) is 3.19. The third-order valence-electron chi connectivity index (χ3n) is 2.82. The summed E-state index contributed by atoms with van der Waals surface area (Å²) < 4.78 is 1.65. The number of nitrogens with one attached hydrogen (secondary N) is 1. The number of fused-ring (bicyclic) bond motifs is 1. The molecule has 3 rings (SSSR count). The van der Waals surface area contributed by atoms with E-state index in [0.717, 1.165) is 34.0 Å². The molecule has 82 valence electrons. The van der Waals surface area contributed by atoms with Crippen molar-refractivity contribution >= 4 is 11.8 Å². The number of H-pyrrole nitrogens is 1. The van der Waals surface area contributed by atoms with E-state index < -0.39 is 0 Å². The van der Waals surface area contributed by atoms with Gasteiger partial charge in [0, 0.05) is 11.5 Å². The van der Waals surface area contributed by atoms with Crippen LogP contribution in [0.3, 0.4) is 0 Å². The van der Waals surface area contributed by atoms with Gasteiger partial charge in [-0.15, -0.1) is 0 Å². The third kappa shape index (κ3) is 1.41. The maximum Gasteiger partial charge on any atom is 0.275 e. The molecule has 2 aromatic rings. The first-order chi connectivity index (χ1) is 7.75. The number of aromatic nitrogens is 2. The topological polar surface area (TPSA) is 37.8 Å². The van der Waals surface area contributed by atoms with Crippen molar-refractivity contribution in [3.63, 3.8) is 0 Å². The summed E-state index contributed by atoms with van der Waals surface area (Å²) >= 11 is 1.79. The van der Waals surface area contributed by atoms with E-state index in [1.165, 1.54) is 0 Å². The quantitative estimate of drug-likeness (QED) is 0.818. The van der Waals surface area contributed by atoms with Gasteiger partial charge in [-0.05, 0) is 24.6 Å². The summed E-state index contributed by atoms with van der Waals surface area (Å²) in [6.45, 7) is 2.03. The molecule has 0 spiro atoms. The Labute approximate surface area is 97.5 Å². The molecule has 0 amide bonds. The summed E-state index contributed by atoms with van der Waals surface area (Å²) in [5.74, 6) is 1.76. The molecule has 0 unspecified atom stereocenters. The summed E-state index contributed by atoms with van der Waals surface area (Å²) in [6, 6.07) is 7.96. The second-order valence-corrected chi connectivity index (χ2v) is 5.03. The highest BCUT2D eigenvalue weighted by molar-refractivity contribution is 7.98. The van der Waals surface area contributed by atoms with Gasteiger partial charge in [-0.2, -0.15) is 11.8 Å². The van der Waals surface area contributed by atoms with Gasteiger partial charge in [0.1, 0.15) is 0 Å². The van der Waals surface area contributed by atoms with Crippen LogP contribution in [-0.4, -0.2) is 9.78 Å². The highest BCUT2D eigenvalue weighted by atomic mass is 32.2. The molecule has 3 nitrogen and oxygen atoms in total. The Morgan fingerprint density at radius 1 is 1.38 bits per heavy atom. The van der Waals surface area contributed by atoms with Crippen molar-refractivity contribution in [3.8, 4) is 5.69 Å². The number of aryl methyl sites for hydroxylation is 1. The van der Waals surface area contributed by atoms with Gasteiger partial charge in [0.2, 0.25) is 0 Å². The monoisotopic (exact) mass is 232 g/mol. The fraction of sp³-hybridized carbons (Fsp3) is 0.250. The molecule has 0 radical (unpaired) electrons. The van der Waals surface area contributed by atoms with Crippen LogP contribution in [0.4, 0.5) is 0 Å². The Hall–Kier alpha value is -1.42. The molecule has 1 aromatic carbocycles. The minimum Gasteiger partial charge on any atom is -0.294 e. The predicted molar refractivity (Wildman–Crippen MR) is 66.1 cm³/mol. The van der Waals surface area contributed by atoms with Crippen molar-refractivity contribution in [2.75, 3.05) is 0 Å². The first-order valence-corrected chi connectivity index (χ1v) is 6.39. The van der Waals surface area contributed by atoms with E-state index in [4.69, 9.17) is 0 Å². The first-order valence-electron chi connectivity index (χ1n) is 5.23. The molecular weight excluding hydrogens is 220 g/mol. The van der Waals surface area contributed by atoms with Gasteiger partial charge in [-0.3, -0.25) is 9.89 Å². The molecular formula is C12H12N2OS. The molecule has 0 atom stereocenters. The fourth-order valence-corrected chi connectivity index (χ4v) is 3.04. The number of nitrogens with zero attached hydrogens (tertiary/aromatic N) is 1. The lowest BCUT2D eigenvalue weighted by Gasteiger charge is -2.03. The highest BCUT2D eigenvalue weighted by Gasteiger charge is 2.19. The zero-order valence-electron chi connectivity index (χ0n) is 8.99. The van der Waals surface area contributed by atoms with Crippen LogP contribution in [0.2, 0.25) is 0 Å². The lowest BCUT2D eigenvalue weighted by molar-refractivity contribution is 0.830. The first kappa shape index (κ1) is 9.78. The van der Waals surface area contributed by atoms with Crippen LogP contribution in [0.25, 0.3) is 5.69 Å². The maximum absolute atomic E-state index is 12.1. The second-order valence-electron chi connectivity index (χ2n) is 4.04. The van der Waals surface area contributed by atoms with E-state index in [1.807, 2.05) is 31.2 Å². The van der Waals surface area contributed by atoms with E-state index in [9.17, 15) is 4.79 Å². The molecule has 1 aliphatic heterocycles. The number of rotatable bonds is 1. The van der Waals surface area contributed by atoms with Crippen LogP contribution in [0.1, 0.15) is 16.8 Å². The van der Waals surface area contributed by atoms with E-state index in [1.54, 1.807) is 16.4 Å². The zero-order chi connectivity index (χ0) is 11.1. The SMILES string of the molecule is Cc1cccc(-n2[nH]c3c(c2=O)CSC3)c1. The van der Waals surface area contributed by atoms with Crippen molar-refractivity contribution in [1.29, 1.82) is 0 Å². The van der Waals surface area contributed by atoms with Crippen LogP contribution in [-0.2, 0) is 11.5 Å². The molecule has 2 heterocycles. The van der Waals surface area contributed by atoms with Gasteiger partial charge in [-0.1, -0.05) is 12.1 Å². The van der Waals surface area contributed by atoms with Crippen LogP contribution in [0.5, 0.6) is 0 Å². The van der Waals surface area contributed by atoms with Crippen LogP contribution in [0.15, 0.2) is 29.1 Å². The third-order valence-corrected chi connectivity index (χ3v) is 3.81. The Morgan fingerprint density at radius 2 is 2.25 bits per heavy atom. The molecule has 16 heavy (non-hydrogen) atoms. The van der Waals surface area contributed by atoms with Crippen molar-refractivity contribution in [2.24, 2.45) is 0 Å². The van der Waals surface area contributed by atoms with Crippen molar-refractivity contribution in [3.05, 3.63) is 51.4 Å². The minimum atomic E-state index is 0.102. The van der Waals surface area contributed by atoms with Crippen LogP contribution < -0.4 is 5.56 Å². The molecule has 1 aromatic heterocycles. The lowest BCUT2D eigenvalue weighted by Crippen LogP contribution is -2.16. The number of thioether (sulfide) groups is 1. The standard InChI is InChI=1S/C12H12N2OS/c1-8-3-2-4-9(5-8)14-12(15)10-6-16-7-11(10)13-14/h2-5,13H,6-7H2,1H3. The summed E-state index contributed by atoms with van der Waals surface area (Å²) in [5.41, 5.74) is 4.20. The van der Waals surface area contributed by atoms with Gasteiger partial charge < -0.3 is 0 Å². The molecule has 0 fully saturated rings. The molecule has 4 heteroatoms. The summed E-state index contributed by atoms with van der Waals surface area (Å²) in [7, 11) is 0. The number of benzene rings is 1. The predicted octanol–water partition coefficient (Wildman–Crippen LogP) is 2.22. The van der Waals surface area contributed by atoms with Gasteiger partial charge in [0.15, 0.2) is 0 Å².